The summed E-state index contributed by atoms with van der Waals surface area (Å²) in [6.07, 6.45) is -1.93. The van der Waals surface area contributed by atoms with Gasteiger partial charge in [-0.2, -0.15) is 13.2 Å². The van der Waals surface area contributed by atoms with E-state index in [9.17, 15) is 17.6 Å². The summed E-state index contributed by atoms with van der Waals surface area (Å²) in [5.74, 6) is -0.754. The average molecular weight is 256 g/mol. The Kier molecular flexibility index (Phi) is 2.94. The predicted octanol–water partition coefficient (Wildman–Crippen LogP) is 3.49. The molecule has 2 N–H and O–H groups in total. The molecule has 0 atom stereocenters. The Morgan fingerprint density at radius 2 is 1.78 bits per heavy atom. The number of hydrogen-bond acceptors (Lipinski definition) is 2. The van der Waals surface area contributed by atoms with Crippen LogP contribution in [0.15, 0.2) is 36.7 Å². The van der Waals surface area contributed by atoms with Crippen LogP contribution in [0.3, 0.4) is 0 Å². The second kappa shape index (κ2) is 4.29. The minimum Gasteiger partial charge on any atom is -0.397 e. The van der Waals surface area contributed by atoms with Gasteiger partial charge in [-0.1, -0.05) is 0 Å². The number of halogens is 4. The van der Waals surface area contributed by atoms with Crippen LogP contribution in [0.1, 0.15) is 5.56 Å². The fourth-order valence-corrected chi connectivity index (χ4v) is 1.53. The normalized spacial score (nSPS) is 11.6. The molecule has 2 nitrogen and oxygen atoms in total. The maximum absolute atomic E-state index is 13.5. The van der Waals surface area contributed by atoms with E-state index in [0.717, 1.165) is 12.1 Å². The smallest absolute Gasteiger partial charge is 0.397 e. The van der Waals surface area contributed by atoms with Gasteiger partial charge in [-0.15, -0.1) is 0 Å². The van der Waals surface area contributed by atoms with Crippen molar-refractivity contribution in [1.82, 2.24) is 4.98 Å². The molecule has 2 aromatic rings. The van der Waals surface area contributed by atoms with E-state index in [1.807, 2.05) is 0 Å². The second-order valence-electron chi connectivity index (χ2n) is 3.70. The molecule has 0 saturated carbocycles. The summed E-state index contributed by atoms with van der Waals surface area (Å²) in [6.45, 7) is 0. The average Bonchev–Trinajstić information content (AvgIpc) is 2.28. The third-order valence-electron chi connectivity index (χ3n) is 2.36. The first-order chi connectivity index (χ1) is 8.38. The SMILES string of the molecule is Nc1cncc(-c2cc(C(F)(F)F)ccc2F)c1. The molecular weight excluding hydrogens is 248 g/mol. The number of benzene rings is 1. The highest BCUT2D eigenvalue weighted by Gasteiger charge is 2.31. The Bertz CT molecular complexity index is 579. The van der Waals surface area contributed by atoms with Gasteiger partial charge in [0.15, 0.2) is 0 Å². The molecule has 1 aromatic heterocycles. The van der Waals surface area contributed by atoms with Gasteiger partial charge in [-0.05, 0) is 24.3 Å². The minimum atomic E-state index is -4.52. The molecule has 0 radical (unpaired) electrons. The Morgan fingerprint density at radius 1 is 1.06 bits per heavy atom. The molecule has 0 unspecified atom stereocenters. The zero-order valence-corrected chi connectivity index (χ0v) is 9.00. The first-order valence-corrected chi connectivity index (χ1v) is 4.95. The lowest BCUT2D eigenvalue weighted by atomic mass is 10.0. The zero-order chi connectivity index (χ0) is 13.3. The number of nitrogens with two attached hydrogens (primary N) is 1. The summed E-state index contributed by atoms with van der Waals surface area (Å²) in [7, 11) is 0. The minimum absolute atomic E-state index is 0.176. The van der Waals surface area contributed by atoms with Gasteiger partial charge in [-0.3, -0.25) is 4.98 Å². The van der Waals surface area contributed by atoms with Gasteiger partial charge in [-0.25, -0.2) is 4.39 Å². The number of nitrogen functional groups attached to an aromatic ring is 1. The lowest BCUT2D eigenvalue weighted by Gasteiger charge is -2.10. The lowest BCUT2D eigenvalue weighted by molar-refractivity contribution is -0.137. The Balaban J connectivity index is 2.57. The van der Waals surface area contributed by atoms with Gasteiger partial charge >= 0.3 is 6.18 Å². The standard InChI is InChI=1S/C12H8F4N2/c13-11-2-1-8(12(14,15)16)4-10(11)7-3-9(17)6-18-5-7/h1-6H,17H2. The fourth-order valence-electron chi connectivity index (χ4n) is 1.53. The first-order valence-electron chi connectivity index (χ1n) is 4.95. The topological polar surface area (TPSA) is 38.9 Å². The summed E-state index contributed by atoms with van der Waals surface area (Å²) in [6, 6.07) is 3.58. The molecule has 18 heavy (non-hydrogen) atoms. The molecule has 0 aliphatic rings. The molecule has 0 fully saturated rings. The van der Waals surface area contributed by atoms with E-state index in [2.05, 4.69) is 4.98 Å². The quantitative estimate of drug-likeness (QED) is 0.793. The van der Waals surface area contributed by atoms with Crippen LogP contribution >= 0.6 is 0 Å². The van der Waals surface area contributed by atoms with Gasteiger partial charge in [0.2, 0.25) is 0 Å². The van der Waals surface area contributed by atoms with Crippen LogP contribution < -0.4 is 5.73 Å². The highest BCUT2D eigenvalue weighted by molar-refractivity contribution is 5.67. The molecule has 2 rings (SSSR count). The van der Waals surface area contributed by atoms with Crippen molar-refractivity contribution >= 4 is 5.69 Å². The Hall–Kier alpha value is -2.11. The van der Waals surface area contributed by atoms with Crippen LogP contribution in [0.2, 0.25) is 0 Å². The molecule has 6 heteroatoms. The molecule has 1 heterocycles. The number of nitrogens with zero attached hydrogens (tertiary/aromatic N) is 1. The number of aromatic nitrogens is 1. The largest absolute Gasteiger partial charge is 0.416 e. The van der Waals surface area contributed by atoms with Crippen molar-refractivity contribution < 1.29 is 17.6 Å². The predicted molar refractivity (Wildman–Crippen MR) is 59.0 cm³/mol. The molecule has 1 aromatic carbocycles. The van der Waals surface area contributed by atoms with Crippen LogP contribution in [-0.2, 0) is 6.18 Å². The molecule has 0 saturated heterocycles. The molecule has 0 aliphatic carbocycles. The third-order valence-corrected chi connectivity index (χ3v) is 2.36. The molecule has 94 valence electrons. The summed E-state index contributed by atoms with van der Waals surface area (Å²) < 4.78 is 51.1. The Labute approximate surface area is 100 Å². The van der Waals surface area contributed by atoms with Gasteiger partial charge in [0.1, 0.15) is 5.82 Å². The first kappa shape index (κ1) is 12.3. The number of rotatable bonds is 1. The monoisotopic (exact) mass is 256 g/mol. The number of alkyl halides is 3. The van der Waals surface area contributed by atoms with E-state index in [1.165, 1.54) is 18.5 Å². The fraction of sp³-hybridized carbons (Fsp3) is 0.0833. The summed E-state index contributed by atoms with van der Waals surface area (Å²) >= 11 is 0. The third kappa shape index (κ3) is 2.42. The second-order valence-corrected chi connectivity index (χ2v) is 3.70. The van der Waals surface area contributed by atoms with E-state index in [-0.39, 0.29) is 16.8 Å². The van der Waals surface area contributed by atoms with E-state index in [0.29, 0.717) is 6.07 Å². The zero-order valence-electron chi connectivity index (χ0n) is 9.00. The number of hydrogen-bond donors (Lipinski definition) is 1. The highest BCUT2D eigenvalue weighted by atomic mass is 19.4. The van der Waals surface area contributed by atoms with Crippen molar-refractivity contribution in [3.8, 4) is 11.1 Å². The van der Waals surface area contributed by atoms with Gasteiger partial charge in [0.25, 0.3) is 0 Å². The maximum atomic E-state index is 13.5. The van der Waals surface area contributed by atoms with Crippen molar-refractivity contribution in [2.24, 2.45) is 0 Å². The molecular formula is C12H8F4N2. The van der Waals surface area contributed by atoms with Crippen molar-refractivity contribution in [2.75, 3.05) is 5.73 Å². The van der Waals surface area contributed by atoms with Crippen molar-refractivity contribution in [3.05, 3.63) is 48.0 Å². The van der Waals surface area contributed by atoms with E-state index < -0.39 is 17.6 Å². The molecule has 0 aliphatic heterocycles. The summed E-state index contributed by atoms with van der Waals surface area (Å²) in [5, 5.41) is 0. The molecule has 0 amide bonds. The van der Waals surface area contributed by atoms with Crippen molar-refractivity contribution in [2.45, 2.75) is 6.18 Å². The highest BCUT2D eigenvalue weighted by Crippen LogP contribution is 2.33. The summed E-state index contributed by atoms with van der Waals surface area (Å²) in [4.78, 5) is 3.72. The molecule has 0 spiro atoms. The van der Waals surface area contributed by atoms with Crippen molar-refractivity contribution in [3.63, 3.8) is 0 Å². The van der Waals surface area contributed by atoms with Crippen LogP contribution in [0.4, 0.5) is 23.2 Å². The van der Waals surface area contributed by atoms with Crippen LogP contribution in [0.5, 0.6) is 0 Å². The molecule has 0 bridgehead atoms. The van der Waals surface area contributed by atoms with Crippen molar-refractivity contribution in [1.29, 1.82) is 0 Å². The lowest BCUT2D eigenvalue weighted by Crippen LogP contribution is -2.05. The van der Waals surface area contributed by atoms with Crippen LogP contribution in [0.25, 0.3) is 11.1 Å². The van der Waals surface area contributed by atoms with Crippen LogP contribution in [-0.4, -0.2) is 4.98 Å². The van der Waals surface area contributed by atoms with Gasteiger partial charge in [0.05, 0.1) is 11.3 Å². The van der Waals surface area contributed by atoms with E-state index in [1.54, 1.807) is 0 Å². The van der Waals surface area contributed by atoms with E-state index in [4.69, 9.17) is 5.73 Å². The maximum Gasteiger partial charge on any atom is 0.416 e. The Morgan fingerprint density at radius 3 is 2.39 bits per heavy atom. The number of pyridine rings is 1. The van der Waals surface area contributed by atoms with Gasteiger partial charge in [0, 0.05) is 23.5 Å². The summed E-state index contributed by atoms with van der Waals surface area (Å²) in [5.41, 5.74) is 4.83. The van der Waals surface area contributed by atoms with E-state index >= 15 is 0 Å². The van der Waals surface area contributed by atoms with Crippen LogP contribution in [0, 0.1) is 5.82 Å². The van der Waals surface area contributed by atoms with Gasteiger partial charge < -0.3 is 5.73 Å². The number of anilines is 1.